The van der Waals surface area contributed by atoms with E-state index in [0.717, 1.165) is 12.0 Å². The highest BCUT2D eigenvalue weighted by Gasteiger charge is 2.06. The molecule has 0 aliphatic carbocycles. The first kappa shape index (κ1) is 17.5. The Labute approximate surface area is 142 Å². The van der Waals surface area contributed by atoms with Gasteiger partial charge in [0.2, 0.25) is 0 Å². The summed E-state index contributed by atoms with van der Waals surface area (Å²) in [6.45, 7) is 4.40. The monoisotopic (exact) mass is 326 g/mol. The number of ether oxygens (including phenoxy) is 2. The molecule has 5 heteroatoms. The molecule has 0 unspecified atom stereocenters. The average molecular weight is 326 g/mol. The predicted octanol–water partition coefficient (Wildman–Crippen LogP) is 3.18. The average Bonchev–Trinajstić information content (AvgIpc) is 2.62. The maximum atomic E-state index is 11.8. The summed E-state index contributed by atoms with van der Waals surface area (Å²) in [5.74, 6) is 0.823. The van der Waals surface area contributed by atoms with Gasteiger partial charge in [0.1, 0.15) is 0 Å². The highest BCUT2D eigenvalue weighted by Crippen LogP contribution is 2.26. The van der Waals surface area contributed by atoms with Gasteiger partial charge in [-0.3, -0.25) is 4.79 Å². The Morgan fingerprint density at radius 3 is 2.33 bits per heavy atom. The van der Waals surface area contributed by atoms with E-state index in [-0.39, 0.29) is 12.5 Å². The minimum absolute atomic E-state index is 0.129. The van der Waals surface area contributed by atoms with Crippen LogP contribution in [0.5, 0.6) is 11.5 Å². The molecule has 0 aliphatic heterocycles. The molecule has 0 spiro atoms. The third-order valence-electron chi connectivity index (χ3n) is 3.30. The maximum absolute atomic E-state index is 11.8. The molecule has 1 amide bonds. The van der Waals surface area contributed by atoms with Crippen molar-refractivity contribution < 1.29 is 14.3 Å². The van der Waals surface area contributed by atoms with Crippen LogP contribution in [0.1, 0.15) is 25.0 Å². The van der Waals surface area contributed by atoms with Gasteiger partial charge in [-0.1, -0.05) is 43.3 Å². The second kappa shape index (κ2) is 9.35. The smallest absolute Gasteiger partial charge is 0.277 e. The summed E-state index contributed by atoms with van der Waals surface area (Å²) in [5.41, 5.74) is 4.63. The van der Waals surface area contributed by atoms with Gasteiger partial charge in [0.05, 0.1) is 12.8 Å². The second-order valence-corrected chi connectivity index (χ2v) is 5.06. The molecule has 2 rings (SSSR count). The summed E-state index contributed by atoms with van der Waals surface area (Å²) in [6, 6.07) is 15.2. The summed E-state index contributed by atoms with van der Waals surface area (Å²) in [6.07, 6.45) is 2.60. The lowest BCUT2D eigenvalue weighted by atomic mass is 10.1. The van der Waals surface area contributed by atoms with Crippen LogP contribution in [-0.4, -0.2) is 25.3 Å². The number of hydrazone groups is 1. The van der Waals surface area contributed by atoms with Crippen molar-refractivity contribution in [2.45, 2.75) is 20.3 Å². The van der Waals surface area contributed by atoms with Crippen molar-refractivity contribution in [2.75, 3.05) is 13.2 Å². The molecule has 126 valence electrons. The summed E-state index contributed by atoms with van der Waals surface area (Å²) >= 11 is 0. The molecular formula is C19H22N2O3. The fourth-order valence-corrected chi connectivity index (χ4v) is 2.04. The topological polar surface area (TPSA) is 59.9 Å². The molecule has 1 N–H and O–H groups in total. The summed E-state index contributed by atoms with van der Waals surface area (Å²) < 4.78 is 10.9. The molecule has 0 aliphatic rings. The molecule has 2 aromatic carbocycles. The summed E-state index contributed by atoms with van der Waals surface area (Å²) in [7, 11) is 0. The molecule has 0 radical (unpaired) electrons. The molecule has 0 atom stereocenters. The first-order valence-corrected chi connectivity index (χ1v) is 7.98. The Hall–Kier alpha value is -2.82. The van der Waals surface area contributed by atoms with E-state index in [2.05, 4.69) is 17.5 Å². The van der Waals surface area contributed by atoms with Crippen molar-refractivity contribution in [3.05, 3.63) is 59.7 Å². The maximum Gasteiger partial charge on any atom is 0.277 e. The second-order valence-electron chi connectivity index (χ2n) is 5.06. The van der Waals surface area contributed by atoms with Gasteiger partial charge in [0.15, 0.2) is 18.1 Å². The van der Waals surface area contributed by atoms with E-state index in [9.17, 15) is 4.79 Å². The van der Waals surface area contributed by atoms with Gasteiger partial charge in [-0.25, -0.2) is 5.43 Å². The fraction of sp³-hybridized carbons (Fsp3) is 0.263. The highest BCUT2D eigenvalue weighted by molar-refractivity contribution is 5.82. The molecule has 0 fully saturated rings. The summed E-state index contributed by atoms with van der Waals surface area (Å²) in [5, 5.41) is 3.93. The number of nitrogens with zero attached hydrogens (tertiary/aromatic N) is 1. The molecule has 0 heterocycles. The van der Waals surface area contributed by atoms with Crippen LogP contribution in [0.25, 0.3) is 0 Å². The Balaban J connectivity index is 1.82. The first-order valence-electron chi connectivity index (χ1n) is 7.98. The van der Waals surface area contributed by atoms with Gasteiger partial charge in [-0.05, 0) is 36.6 Å². The molecular weight excluding hydrogens is 304 g/mol. The number of hydrogen-bond acceptors (Lipinski definition) is 4. The number of amides is 1. The van der Waals surface area contributed by atoms with Crippen LogP contribution in [0, 0.1) is 0 Å². The highest BCUT2D eigenvalue weighted by atomic mass is 16.5. The van der Waals surface area contributed by atoms with Gasteiger partial charge >= 0.3 is 0 Å². The van der Waals surface area contributed by atoms with Crippen molar-refractivity contribution in [1.82, 2.24) is 5.43 Å². The summed E-state index contributed by atoms with van der Waals surface area (Å²) in [4.78, 5) is 11.8. The molecule has 0 saturated carbocycles. The quantitative estimate of drug-likeness (QED) is 0.599. The van der Waals surface area contributed by atoms with E-state index in [4.69, 9.17) is 9.47 Å². The van der Waals surface area contributed by atoms with Crippen molar-refractivity contribution in [3.8, 4) is 11.5 Å². The zero-order chi connectivity index (χ0) is 17.2. The van der Waals surface area contributed by atoms with Gasteiger partial charge in [-0.2, -0.15) is 5.10 Å². The van der Waals surface area contributed by atoms with Gasteiger partial charge < -0.3 is 9.47 Å². The number of rotatable bonds is 8. The van der Waals surface area contributed by atoms with E-state index in [0.29, 0.717) is 18.1 Å². The van der Waals surface area contributed by atoms with E-state index in [1.807, 2.05) is 43.3 Å². The van der Waals surface area contributed by atoms with Crippen LogP contribution in [0.15, 0.2) is 53.6 Å². The van der Waals surface area contributed by atoms with Crippen molar-refractivity contribution in [3.63, 3.8) is 0 Å². The number of carbonyl (C=O) groups is 1. The lowest BCUT2D eigenvalue weighted by Crippen LogP contribution is -2.24. The molecule has 0 saturated heterocycles. The van der Waals surface area contributed by atoms with E-state index >= 15 is 0 Å². The zero-order valence-electron chi connectivity index (χ0n) is 14.0. The SMILES string of the molecule is CCOc1ccccc1OCC(=O)N/N=C/c1ccc(CC)cc1. The number of hydrogen-bond donors (Lipinski definition) is 1. The molecule has 5 nitrogen and oxygen atoms in total. The molecule has 0 bridgehead atoms. The Kier molecular flexibility index (Phi) is 6.83. The molecule has 24 heavy (non-hydrogen) atoms. The van der Waals surface area contributed by atoms with Crippen molar-refractivity contribution >= 4 is 12.1 Å². The predicted molar refractivity (Wildman–Crippen MR) is 94.7 cm³/mol. The van der Waals surface area contributed by atoms with E-state index < -0.39 is 0 Å². The lowest BCUT2D eigenvalue weighted by Gasteiger charge is -2.10. The number of carbonyl (C=O) groups excluding carboxylic acids is 1. The van der Waals surface area contributed by atoms with Crippen molar-refractivity contribution in [1.29, 1.82) is 0 Å². The van der Waals surface area contributed by atoms with Crippen LogP contribution in [0.2, 0.25) is 0 Å². The third-order valence-corrected chi connectivity index (χ3v) is 3.30. The Morgan fingerprint density at radius 1 is 1.04 bits per heavy atom. The van der Waals surface area contributed by atoms with Gasteiger partial charge in [0.25, 0.3) is 5.91 Å². The largest absolute Gasteiger partial charge is 0.490 e. The van der Waals surface area contributed by atoms with E-state index in [1.54, 1.807) is 18.3 Å². The Bertz CT molecular complexity index is 681. The first-order chi connectivity index (χ1) is 11.7. The minimum atomic E-state index is -0.331. The van der Waals surface area contributed by atoms with Crippen LogP contribution in [-0.2, 0) is 11.2 Å². The number of aryl methyl sites for hydroxylation is 1. The molecule has 0 aromatic heterocycles. The normalized spacial score (nSPS) is 10.6. The lowest BCUT2D eigenvalue weighted by molar-refractivity contribution is -0.123. The molecule has 2 aromatic rings. The minimum Gasteiger partial charge on any atom is -0.490 e. The third kappa shape index (κ3) is 5.43. The zero-order valence-corrected chi connectivity index (χ0v) is 14.0. The Morgan fingerprint density at radius 2 is 1.71 bits per heavy atom. The fourth-order valence-electron chi connectivity index (χ4n) is 2.04. The van der Waals surface area contributed by atoms with Crippen LogP contribution in [0.3, 0.4) is 0 Å². The number of benzene rings is 2. The standard InChI is InChI=1S/C19H22N2O3/c1-3-15-9-11-16(12-10-15)13-20-21-19(22)14-24-18-8-6-5-7-17(18)23-4-2/h5-13H,3-4,14H2,1-2H3,(H,21,22)/b20-13+. The van der Waals surface area contributed by atoms with Crippen LogP contribution in [0.4, 0.5) is 0 Å². The van der Waals surface area contributed by atoms with Gasteiger partial charge in [0, 0.05) is 0 Å². The number of para-hydroxylation sites is 2. The van der Waals surface area contributed by atoms with E-state index in [1.165, 1.54) is 5.56 Å². The van der Waals surface area contributed by atoms with Gasteiger partial charge in [-0.15, -0.1) is 0 Å². The number of nitrogens with one attached hydrogen (secondary N) is 1. The van der Waals surface area contributed by atoms with Crippen LogP contribution >= 0.6 is 0 Å². The van der Waals surface area contributed by atoms with Crippen molar-refractivity contribution in [2.24, 2.45) is 5.10 Å². The van der Waals surface area contributed by atoms with Crippen LogP contribution < -0.4 is 14.9 Å².